The Morgan fingerprint density at radius 1 is 1.67 bits per heavy atom. The number of hydrogen-bond donors (Lipinski definition) is 2. The third-order valence-corrected chi connectivity index (χ3v) is 0.845. The first kappa shape index (κ1) is 8.36. The summed E-state index contributed by atoms with van der Waals surface area (Å²) in [6.07, 6.45) is 0.553. The van der Waals surface area contributed by atoms with E-state index in [9.17, 15) is 4.79 Å². The van der Waals surface area contributed by atoms with Gasteiger partial charge in [-0.3, -0.25) is 4.79 Å². The summed E-state index contributed by atoms with van der Waals surface area (Å²) in [7, 11) is 0. The van der Waals surface area contributed by atoms with E-state index >= 15 is 0 Å². The van der Waals surface area contributed by atoms with E-state index in [1.54, 1.807) is 0 Å². The number of thiocarbonyl (C=S) groups is 1. The standard InChI is InChI=1S/C5H10N2OS/c1-4(2)7-5(9)6-3-8/h3-4H,1-2H3,(H2,6,7,8,9). The lowest BCUT2D eigenvalue weighted by Crippen LogP contribution is -2.38. The molecule has 0 aromatic heterocycles. The molecule has 0 saturated heterocycles. The molecular weight excluding hydrogens is 136 g/mol. The third kappa shape index (κ3) is 5.23. The SMILES string of the molecule is CC(C)NC(=S)NC=O. The zero-order chi connectivity index (χ0) is 7.28. The zero-order valence-electron chi connectivity index (χ0n) is 5.47. The van der Waals surface area contributed by atoms with Crippen LogP contribution in [0.5, 0.6) is 0 Å². The van der Waals surface area contributed by atoms with Gasteiger partial charge in [0.25, 0.3) is 0 Å². The molecule has 0 aliphatic heterocycles. The number of rotatable bonds is 2. The number of carbonyl (C=O) groups is 1. The Bertz CT molecular complexity index is 114. The minimum absolute atomic E-state index is 0.268. The Kier molecular flexibility index (Phi) is 3.96. The van der Waals surface area contributed by atoms with Gasteiger partial charge >= 0.3 is 0 Å². The van der Waals surface area contributed by atoms with Gasteiger partial charge in [-0.25, -0.2) is 0 Å². The van der Waals surface area contributed by atoms with E-state index < -0.39 is 0 Å². The van der Waals surface area contributed by atoms with Gasteiger partial charge in [-0.1, -0.05) is 0 Å². The van der Waals surface area contributed by atoms with E-state index in [1.165, 1.54) is 0 Å². The molecule has 0 fully saturated rings. The van der Waals surface area contributed by atoms with Crippen LogP contribution in [0, 0.1) is 0 Å². The second-order valence-corrected chi connectivity index (χ2v) is 2.30. The summed E-state index contributed by atoms with van der Waals surface area (Å²) in [5.74, 6) is 0. The molecule has 0 aliphatic carbocycles. The molecule has 3 nitrogen and oxygen atoms in total. The predicted molar refractivity (Wildman–Crippen MR) is 40.1 cm³/mol. The van der Waals surface area contributed by atoms with Gasteiger partial charge in [0.2, 0.25) is 6.41 Å². The Morgan fingerprint density at radius 3 is 2.56 bits per heavy atom. The van der Waals surface area contributed by atoms with Crippen LogP contribution >= 0.6 is 12.2 Å². The van der Waals surface area contributed by atoms with Crippen LogP contribution in [0.2, 0.25) is 0 Å². The van der Waals surface area contributed by atoms with Crippen molar-refractivity contribution in [1.82, 2.24) is 10.6 Å². The van der Waals surface area contributed by atoms with Crippen molar-refractivity contribution < 1.29 is 4.79 Å². The van der Waals surface area contributed by atoms with E-state index in [1.807, 2.05) is 13.8 Å². The van der Waals surface area contributed by atoms with Crippen LogP contribution < -0.4 is 10.6 Å². The lowest BCUT2D eigenvalue weighted by atomic mass is 10.4. The molecule has 0 aliphatic rings. The maximum Gasteiger partial charge on any atom is 0.213 e. The summed E-state index contributed by atoms with van der Waals surface area (Å²) in [4.78, 5) is 9.76. The highest BCUT2D eigenvalue weighted by atomic mass is 32.1. The van der Waals surface area contributed by atoms with Gasteiger partial charge in [-0.15, -0.1) is 0 Å². The average Bonchev–Trinajstić information content (AvgIpc) is 1.63. The van der Waals surface area contributed by atoms with Gasteiger partial charge in [0, 0.05) is 6.04 Å². The van der Waals surface area contributed by atoms with Crippen molar-refractivity contribution in [3.05, 3.63) is 0 Å². The molecule has 0 rings (SSSR count). The summed E-state index contributed by atoms with van der Waals surface area (Å²) >= 11 is 4.68. The molecule has 0 unspecified atom stereocenters. The summed E-state index contributed by atoms with van der Waals surface area (Å²) in [5.41, 5.74) is 0. The molecule has 1 amide bonds. The number of hydrogen-bond acceptors (Lipinski definition) is 2. The van der Waals surface area contributed by atoms with Crippen molar-refractivity contribution >= 4 is 23.7 Å². The molecule has 9 heavy (non-hydrogen) atoms. The maximum absolute atomic E-state index is 9.76. The molecule has 52 valence electrons. The normalized spacial score (nSPS) is 8.78. The van der Waals surface area contributed by atoms with Gasteiger partial charge < -0.3 is 10.6 Å². The highest BCUT2D eigenvalue weighted by molar-refractivity contribution is 7.80. The molecule has 0 atom stereocenters. The average molecular weight is 146 g/mol. The van der Waals surface area contributed by atoms with Crippen molar-refractivity contribution in [2.75, 3.05) is 0 Å². The van der Waals surface area contributed by atoms with Gasteiger partial charge in [0.1, 0.15) is 0 Å². The highest BCUT2D eigenvalue weighted by Crippen LogP contribution is 1.74. The number of nitrogens with one attached hydrogen (secondary N) is 2. The molecule has 2 N–H and O–H groups in total. The fraction of sp³-hybridized carbons (Fsp3) is 0.600. The highest BCUT2D eigenvalue weighted by Gasteiger charge is 1.93. The van der Waals surface area contributed by atoms with E-state index in [0.29, 0.717) is 11.5 Å². The largest absolute Gasteiger partial charge is 0.360 e. The Hall–Kier alpha value is -0.640. The van der Waals surface area contributed by atoms with E-state index in [0.717, 1.165) is 0 Å². The second kappa shape index (κ2) is 4.26. The first-order chi connectivity index (χ1) is 4.16. The summed E-state index contributed by atoms with van der Waals surface area (Å²) in [6, 6.07) is 0.268. The zero-order valence-corrected chi connectivity index (χ0v) is 6.29. The quantitative estimate of drug-likeness (QED) is 0.426. The van der Waals surface area contributed by atoms with Crippen LogP contribution in [0.15, 0.2) is 0 Å². The van der Waals surface area contributed by atoms with Crippen molar-refractivity contribution in [2.45, 2.75) is 19.9 Å². The first-order valence-corrected chi connectivity index (χ1v) is 3.08. The molecule has 0 saturated carbocycles. The van der Waals surface area contributed by atoms with Crippen LogP contribution in [0.4, 0.5) is 0 Å². The molecule has 0 aromatic carbocycles. The number of carbonyl (C=O) groups excluding carboxylic acids is 1. The number of amides is 1. The van der Waals surface area contributed by atoms with E-state index in [-0.39, 0.29) is 6.04 Å². The van der Waals surface area contributed by atoms with E-state index in [2.05, 4.69) is 22.9 Å². The van der Waals surface area contributed by atoms with Crippen molar-refractivity contribution in [3.8, 4) is 0 Å². The minimum atomic E-state index is 0.268. The van der Waals surface area contributed by atoms with Gasteiger partial charge in [0.15, 0.2) is 5.11 Å². The Balaban J connectivity index is 3.38. The lowest BCUT2D eigenvalue weighted by Gasteiger charge is -2.08. The van der Waals surface area contributed by atoms with Crippen LogP contribution in [0.25, 0.3) is 0 Å². The van der Waals surface area contributed by atoms with Gasteiger partial charge in [-0.05, 0) is 26.1 Å². The van der Waals surface area contributed by atoms with E-state index in [4.69, 9.17) is 0 Å². The third-order valence-electron chi connectivity index (χ3n) is 0.610. The Labute approximate surface area is 59.8 Å². The molecule has 4 heteroatoms. The fourth-order valence-corrected chi connectivity index (χ4v) is 0.641. The van der Waals surface area contributed by atoms with Gasteiger partial charge in [-0.2, -0.15) is 0 Å². The molecular formula is C5H10N2OS. The van der Waals surface area contributed by atoms with Crippen molar-refractivity contribution in [1.29, 1.82) is 0 Å². The molecule has 0 bridgehead atoms. The minimum Gasteiger partial charge on any atom is -0.360 e. The smallest absolute Gasteiger partial charge is 0.213 e. The maximum atomic E-state index is 9.76. The first-order valence-electron chi connectivity index (χ1n) is 2.67. The molecule has 0 spiro atoms. The molecule has 0 heterocycles. The lowest BCUT2D eigenvalue weighted by molar-refractivity contribution is -0.108. The summed E-state index contributed by atoms with van der Waals surface area (Å²) in [5, 5.41) is 5.52. The van der Waals surface area contributed by atoms with Crippen LogP contribution in [0.1, 0.15) is 13.8 Å². The second-order valence-electron chi connectivity index (χ2n) is 1.89. The monoisotopic (exact) mass is 146 g/mol. The Morgan fingerprint density at radius 2 is 2.22 bits per heavy atom. The molecule has 0 aromatic rings. The predicted octanol–water partition coefficient (Wildman–Crippen LogP) is 0.0153. The van der Waals surface area contributed by atoms with Crippen LogP contribution in [-0.4, -0.2) is 17.6 Å². The fourth-order valence-electron chi connectivity index (χ4n) is 0.357. The molecule has 0 radical (unpaired) electrons. The van der Waals surface area contributed by atoms with Crippen molar-refractivity contribution in [3.63, 3.8) is 0 Å². The van der Waals surface area contributed by atoms with Gasteiger partial charge in [0.05, 0.1) is 0 Å². The van der Waals surface area contributed by atoms with Crippen molar-refractivity contribution in [2.24, 2.45) is 0 Å². The van der Waals surface area contributed by atoms with Crippen LogP contribution in [-0.2, 0) is 4.79 Å². The summed E-state index contributed by atoms with van der Waals surface area (Å²) in [6.45, 7) is 3.89. The summed E-state index contributed by atoms with van der Waals surface area (Å²) < 4.78 is 0. The van der Waals surface area contributed by atoms with Crippen LogP contribution in [0.3, 0.4) is 0 Å². The topological polar surface area (TPSA) is 41.1 Å².